The highest BCUT2D eigenvalue weighted by atomic mass is 15.2. The first-order chi connectivity index (χ1) is 8.04. The SMILES string of the molecule is CC1CCC(C(CN)N(C)CCN(C)C)CC1. The third kappa shape index (κ3) is 4.94. The van der Waals surface area contributed by atoms with Crippen LogP contribution in [0.2, 0.25) is 0 Å². The molecule has 1 saturated carbocycles. The van der Waals surface area contributed by atoms with Crippen molar-refractivity contribution in [2.24, 2.45) is 17.6 Å². The van der Waals surface area contributed by atoms with Crippen LogP contribution >= 0.6 is 0 Å². The normalized spacial score (nSPS) is 27.7. The van der Waals surface area contributed by atoms with Crippen LogP contribution in [0.25, 0.3) is 0 Å². The van der Waals surface area contributed by atoms with Gasteiger partial charge in [0.1, 0.15) is 0 Å². The van der Waals surface area contributed by atoms with Crippen LogP contribution in [-0.4, -0.2) is 56.6 Å². The molecule has 17 heavy (non-hydrogen) atoms. The maximum Gasteiger partial charge on any atom is 0.0244 e. The van der Waals surface area contributed by atoms with Crippen molar-refractivity contribution in [2.45, 2.75) is 38.6 Å². The number of likely N-dealkylation sites (N-methyl/N-ethyl adjacent to an activating group) is 2. The largest absolute Gasteiger partial charge is 0.329 e. The second-order valence-corrected chi connectivity index (χ2v) is 6.11. The first-order valence-electron chi connectivity index (χ1n) is 7.09. The van der Waals surface area contributed by atoms with Gasteiger partial charge in [-0.05, 0) is 45.8 Å². The van der Waals surface area contributed by atoms with Crippen molar-refractivity contribution < 1.29 is 0 Å². The average molecular weight is 241 g/mol. The number of rotatable bonds is 6. The van der Waals surface area contributed by atoms with Gasteiger partial charge in [-0.3, -0.25) is 0 Å². The fourth-order valence-electron chi connectivity index (χ4n) is 2.93. The monoisotopic (exact) mass is 241 g/mol. The quantitative estimate of drug-likeness (QED) is 0.767. The van der Waals surface area contributed by atoms with Gasteiger partial charge in [-0.15, -0.1) is 0 Å². The van der Waals surface area contributed by atoms with Crippen LogP contribution in [0.15, 0.2) is 0 Å². The fourth-order valence-corrected chi connectivity index (χ4v) is 2.93. The van der Waals surface area contributed by atoms with Gasteiger partial charge in [-0.25, -0.2) is 0 Å². The lowest BCUT2D eigenvalue weighted by Crippen LogP contribution is -2.46. The summed E-state index contributed by atoms with van der Waals surface area (Å²) in [6, 6.07) is 0.586. The molecule has 0 radical (unpaired) electrons. The van der Waals surface area contributed by atoms with Gasteiger partial charge in [0.25, 0.3) is 0 Å². The summed E-state index contributed by atoms with van der Waals surface area (Å²) < 4.78 is 0. The Morgan fingerprint density at radius 3 is 2.12 bits per heavy atom. The van der Waals surface area contributed by atoms with E-state index in [9.17, 15) is 0 Å². The summed E-state index contributed by atoms with van der Waals surface area (Å²) in [6.45, 7) is 5.43. The third-order valence-corrected chi connectivity index (χ3v) is 4.31. The van der Waals surface area contributed by atoms with E-state index in [1.165, 1.54) is 25.7 Å². The zero-order chi connectivity index (χ0) is 12.8. The lowest BCUT2D eigenvalue weighted by molar-refractivity contribution is 0.128. The Morgan fingerprint density at radius 2 is 1.65 bits per heavy atom. The van der Waals surface area contributed by atoms with Crippen LogP contribution in [0, 0.1) is 11.8 Å². The van der Waals surface area contributed by atoms with Crippen LogP contribution < -0.4 is 5.73 Å². The van der Waals surface area contributed by atoms with E-state index in [1.807, 2.05) is 0 Å². The molecular formula is C14H31N3. The van der Waals surface area contributed by atoms with Gasteiger partial charge in [0.2, 0.25) is 0 Å². The molecule has 1 fully saturated rings. The molecule has 0 spiro atoms. The first-order valence-corrected chi connectivity index (χ1v) is 7.09. The Hall–Kier alpha value is -0.120. The molecule has 1 unspecified atom stereocenters. The van der Waals surface area contributed by atoms with Gasteiger partial charge in [-0.2, -0.15) is 0 Å². The molecule has 0 bridgehead atoms. The van der Waals surface area contributed by atoms with E-state index < -0.39 is 0 Å². The van der Waals surface area contributed by atoms with E-state index in [-0.39, 0.29) is 0 Å². The topological polar surface area (TPSA) is 32.5 Å². The van der Waals surface area contributed by atoms with Gasteiger partial charge in [0, 0.05) is 25.7 Å². The van der Waals surface area contributed by atoms with Crippen molar-refractivity contribution in [3.63, 3.8) is 0 Å². The molecule has 0 aromatic rings. The smallest absolute Gasteiger partial charge is 0.0244 e. The van der Waals surface area contributed by atoms with E-state index in [1.54, 1.807) is 0 Å². The van der Waals surface area contributed by atoms with Crippen LogP contribution in [-0.2, 0) is 0 Å². The lowest BCUT2D eigenvalue weighted by atomic mass is 9.79. The van der Waals surface area contributed by atoms with E-state index in [0.717, 1.165) is 31.5 Å². The highest BCUT2D eigenvalue weighted by Crippen LogP contribution is 2.31. The minimum atomic E-state index is 0.586. The summed E-state index contributed by atoms with van der Waals surface area (Å²) in [5.41, 5.74) is 5.99. The van der Waals surface area contributed by atoms with E-state index in [2.05, 4.69) is 37.9 Å². The van der Waals surface area contributed by atoms with Crippen LogP contribution in [0.5, 0.6) is 0 Å². The molecule has 2 N–H and O–H groups in total. The van der Waals surface area contributed by atoms with E-state index >= 15 is 0 Å². The van der Waals surface area contributed by atoms with Gasteiger partial charge < -0.3 is 15.5 Å². The maximum atomic E-state index is 5.99. The van der Waals surface area contributed by atoms with Gasteiger partial charge in [-0.1, -0.05) is 19.8 Å². The molecule has 0 amide bonds. The Labute approximate surface area is 107 Å². The molecule has 3 heteroatoms. The standard InChI is InChI=1S/C14H31N3/c1-12-5-7-13(8-6-12)14(11-15)17(4)10-9-16(2)3/h12-14H,5-11,15H2,1-4H3. The summed E-state index contributed by atoms with van der Waals surface area (Å²) in [6.07, 6.45) is 5.52. The number of hydrogen-bond donors (Lipinski definition) is 1. The molecule has 0 aliphatic heterocycles. The van der Waals surface area contributed by atoms with Crippen LogP contribution in [0.3, 0.4) is 0 Å². The van der Waals surface area contributed by atoms with Crippen molar-refractivity contribution in [3.8, 4) is 0 Å². The van der Waals surface area contributed by atoms with E-state index in [4.69, 9.17) is 5.73 Å². The van der Waals surface area contributed by atoms with Crippen molar-refractivity contribution in [1.29, 1.82) is 0 Å². The molecule has 0 aromatic heterocycles. The third-order valence-electron chi connectivity index (χ3n) is 4.31. The Bertz CT molecular complexity index is 198. The van der Waals surface area contributed by atoms with E-state index in [0.29, 0.717) is 6.04 Å². The summed E-state index contributed by atoms with van der Waals surface area (Å²) in [4.78, 5) is 4.72. The van der Waals surface area contributed by atoms with Gasteiger partial charge >= 0.3 is 0 Å². The number of nitrogens with two attached hydrogens (primary N) is 1. The predicted octanol–water partition coefficient (Wildman–Crippen LogP) is 1.63. The Kier molecular flexibility index (Phi) is 6.45. The molecule has 1 atom stereocenters. The summed E-state index contributed by atoms with van der Waals surface area (Å²) in [5.74, 6) is 1.75. The molecule has 0 heterocycles. The summed E-state index contributed by atoms with van der Waals surface area (Å²) in [5, 5.41) is 0. The maximum absolute atomic E-state index is 5.99. The van der Waals surface area contributed by atoms with Crippen molar-refractivity contribution in [2.75, 3.05) is 40.8 Å². The fraction of sp³-hybridized carbons (Fsp3) is 1.00. The van der Waals surface area contributed by atoms with Crippen LogP contribution in [0.1, 0.15) is 32.6 Å². The highest BCUT2D eigenvalue weighted by molar-refractivity contribution is 4.82. The van der Waals surface area contributed by atoms with Crippen molar-refractivity contribution >= 4 is 0 Å². The lowest BCUT2D eigenvalue weighted by Gasteiger charge is -2.37. The van der Waals surface area contributed by atoms with Crippen molar-refractivity contribution in [3.05, 3.63) is 0 Å². The average Bonchev–Trinajstić information content (AvgIpc) is 2.30. The minimum absolute atomic E-state index is 0.586. The molecule has 0 saturated heterocycles. The number of hydrogen-bond acceptors (Lipinski definition) is 3. The molecule has 1 aliphatic carbocycles. The zero-order valence-electron chi connectivity index (χ0n) is 12.2. The highest BCUT2D eigenvalue weighted by Gasteiger charge is 2.27. The number of nitrogens with zero attached hydrogens (tertiary/aromatic N) is 2. The van der Waals surface area contributed by atoms with Crippen LogP contribution in [0.4, 0.5) is 0 Å². The molecule has 3 nitrogen and oxygen atoms in total. The first kappa shape index (κ1) is 14.9. The molecule has 1 aliphatic rings. The van der Waals surface area contributed by atoms with Gasteiger partial charge in [0.05, 0.1) is 0 Å². The van der Waals surface area contributed by atoms with Gasteiger partial charge in [0.15, 0.2) is 0 Å². The molecular weight excluding hydrogens is 210 g/mol. The molecule has 0 aromatic carbocycles. The summed E-state index contributed by atoms with van der Waals surface area (Å²) >= 11 is 0. The Morgan fingerprint density at radius 1 is 1.06 bits per heavy atom. The zero-order valence-corrected chi connectivity index (χ0v) is 12.2. The second kappa shape index (κ2) is 7.34. The summed E-state index contributed by atoms with van der Waals surface area (Å²) in [7, 11) is 6.50. The minimum Gasteiger partial charge on any atom is -0.329 e. The Balaban J connectivity index is 2.40. The molecule has 102 valence electrons. The predicted molar refractivity (Wildman–Crippen MR) is 75.1 cm³/mol. The van der Waals surface area contributed by atoms with Crippen molar-refractivity contribution in [1.82, 2.24) is 9.80 Å². The molecule has 1 rings (SSSR count). The second-order valence-electron chi connectivity index (χ2n) is 6.11.